The zero-order valence-corrected chi connectivity index (χ0v) is 9.93. The Labute approximate surface area is 98.7 Å². The predicted octanol–water partition coefficient (Wildman–Crippen LogP) is 3.30. The van der Waals surface area contributed by atoms with Crippen LogP contribution in [0.5, 0.6) is 0 Å². The number of rotatable bonds is 3. The van der Waals surface area contributed by atoms with Crippen molar-refractivity contribution in [2.24, 2.45) is 5.73 Å². The van der Waals surface area contributed by atoms with Gasteiger partial charge in [0.05, 0.1) is 0 Å². The van der Waals surface area contributed by atoms with Crippen LogP contribution in [0.2, 0.25) is 0 Å². The van der Waals surface area contributed by atoms with Crippen LogP contribution in [0.15, 0.2) is 41.1 Å². The molecule has 0 bridgehead atoms. The normalized spacial score (nSPS) is 14.7. The average molecular weight is 235 g/mol. The summed E-state index contributed by atoms with van der Waals surface area (Å²) < 4.78 is 13.1. The van der Waals surface area contributed by atoms with Crippen LogP contribution in [-0.2, 0) is 12.0 Å². The lowest BCUT2D eigenvalue weighted by Crippen LogP contribution is -2.35. The Hall–Kier alpha value is -1.19. The average Bonchev–Trinajstić information content (AvgIpc) is 2.70. The highest BCUT2D eigenvalue weighted by molar-refractivity contribution is 7.07. The van der Waals surface area contributed by atoms with E-state index < -0.39 is 5.54 Å². The molecular formula is C13H14FNS. The molecule has 0 amide bonds. The van der Waals surface area contributed by atoms with E-state index in [0.29, 0.717) is 0 Å². The maximum Gasteiger partial charge on any atom is 0.123 e. The molecule has 16 heavy (non-hydrogen) atoms. The first kappa shape index (κ1) is 11.3. The van der Waals surface area contributed by atoms with E-state index in [1.807, 2.05) is 18.4 Å². The molecule has 0 aliphatic heterocycles. The second-order valence-corrected chi connectivity index (χ2v) is 5.02. The van der Waals surface area contributed by atoms with Gasteiger partial charge in [-0.25, -0.2) is 4.39 Å². The van der Waals surface area contributed by atoms with Gasteiger partial charge in [-0.2, -0.15) is 11.3 Å². The van der Waals surface area contributed by atoms with Gasteiger partial charge < -0.3 is 5.73 Å². The van der Waals surface area contributed by atoms with Crippen LogP contribution in [-0.4, -0.2) is 0 Å². The van der Waals surface area contributed by atoms with Crippen LogP contribution in [0, 0.1) is 5.82 Å². The molecule has 0 fully saturated rings. The van der Waals surface area contributed by atoms with E-state index in [0.717, 1.165) is 12.0 Å². The number of nitrogens with two attached hydrogens (primary N) is 1. The molecule has 0 radical (unpaired) electrons. The smallest absolute Gasteiger partial charge is 0.123 e. The number of hydrogen-bond acceptors (Lipinski definition) is 2. The van der Waals surface area contributed by atoms with Crippen LogP contribution >= 0.6 is 11.3 Å². The van der Waals surface area contributed by atoms with E-state index >= 15 is 0 Å². The van der Waals surface area contributed by atoms with Crippen molar-refractivity contribution in [3.8, 4) is 0 Å². The summed E-state index contributed by atoms with van der Waals surface area (Å²) in [6.07, 6.45) is 0.722. The largest absolute Gasteiger partial charge is 0.321 e. The van der Waals surface area contributed by atoms with E-state index in [-0.39, 0.29) is 5.82 Å². The second-order valence-electron chi connectivity index (χ2n) is 4.24. The molecule has 1 atom stereocenters. The van der Waals surface area contributed by atoms with Gasteiger partial charge in [0.1, 0.15) is 5.82 Å². The third-order valence-corrected chi connectivity index (χ3v) is 3.37. The van der Waals surface area contributed by atoms with Crippen molar-refractivity contribution in [1.29, 1.82) is 0 Å². The molecule has 2 rings (SSSR count). The fourth-order valence-electron chi connectivity index (χ4n) is 1.76. The fraction of sp³-hybridized carbons (Fsp3) is 0.231. The van der Waals surface area contributed by atoms with Crippen molar-refractivity contribution < 1.29 is 4.39 Å². The van der Waals surface area contributed by atoms with Gasteiger partial charge in [-0.15, -0.1) is 0 Å². The minimum Gasteiger partial charge on any atom is -0.321 e. The Morgan fingerprint density at radius 3 is 2.81 bits per heavy atom. The van der Waals surface area contributed by atoms with Gasteiger partial charge in [-0.05, 0) is 53.4 Å². The highest BCUT2D eigenvalue weighted by Crippen LogP contribution is 2.24. The summed E-state index contributed by atoms with van der Waals surface area (Å²) >= 11 is 1.65. The SMILES string of the molecule is CC(N)(Cc1ccsc1)c1cccc(F)c1. The standard InChI is InChI=1S/C13H14FNS/c1-13(15,8-10-5-6-16-9-10)11-3-2-4-12(14)7-11/h2-7,9H,8,15H2,1H3. The van der Waals surface area contributed by atoms with E-state index in [1.165, 1.54) is 17.7 Å². The monoisotopic (exact) mass is 235 g/mol. The quantitative estimate of drug-likeness (QED) is 0.868. The third kappa shape index (κ3) is 2.49. The third-order valence-electron chi connectivity index (χ3n) is 2.64. The summed E-state index contributed by atoms with van der Waals surface area (Å²) in [7, 11) is 0. The summed E-state index contributed by atoms with van der Waals surface area (Å²) in [5.41, 5.74) is 7.74. The van der Waals surface area contributed by atoms with E-state index in [9.17, 15) is 4.39 Å². The summed E-state index contributed by atoms with van der Waals surface area (Å²) in [6, 6.07) is 8.56. The summed E-state index contributed by atoms with van der Waals surface area (Å²) in [5.74, 6) is -0.237. The van der Waals surface area contributed by atoms with Gasteiger partial charge in [-0.3, -0.25) is 0 Å². The molecule has 1 heterocycles. The van der Waals surface area contributed by atoms with Crippen LogP contribution in [0.4, 0.5) is 4.39 Å². The van der Waals surface area contributed by atoms with Crippen LogP contribution in [0.3, 0.4) is 0 Å². The van der Waals surface area contributed by atoms with Gasteiger partial charge in [0, 0.05) is 5.54 Å². The molecule has 84 valence electrons. The summed E-state index contributed by atoms with van der Waals surface area (Å²) in [6.45, 7) is 1.93. The molecule has 2 N–H and O–H groups in total. The first-order chi connectivity index (χ1) is 7.58. The summed E-state index contributed by atoms with van der Waals surface area (Å²) in [5, 5.41) is 4.10. The Morgan fingerprint density at radius 1 is 1.38 bits per heavy atom. The topological polar surface area (TPSA) is 26.0 Å². The molecule has 0 aliphatic carbocycles. The van der Waals surface area contributed by atoms with Crippen LogP contribution in [0.25, 0.3) is 0 Å². The highest BCUT2D eigenvalue weighted by atomic mass is 32.1. The second kappa shape index (κ2) is 4.36. The Bertz CT molecular complexity index is 463. The fourth-order valence-corrected chi connectivity index (χ4v) is 2.43. The van der Waals surface area contributed by atoms with Crippen molar-refractivity contribution in [3.63, 3.8) is 0 Å². The van der Waals surface area contributed by atoms with Crippen molar-refractivity contribution in [1.82, 2.24) is 0 Å². The lowest BCUT2D eigenvalue weighted by Gasteiger charge is -2.24. The molecule has 0 saturated carbocycles. The van der Waals surface area contributed by atoms with Crippen molar-refractivity contribution in [3.05, 3.63) is 58.0 Å². The maximum absolute atomic E-state index is 13.1. The number of hydrogen-bond donors (Lipinski definition) is 1. The first-order valence-corrected chi connectivity index (χ1v) is 6.08. The number of benzene rings is 1. The first-order valence-electron chi connectivity index (χ1n) is 5.14. The minimum absolute atomic E-state index is 0.237. The lowest BCUT2D eigenvalue weighted by atomic mass is 9.87. The van der Waals surface area contributed by atoms with E-state index in [4.69, 9.17) is 5.73 Å². The molecule has 2 aromatic rings. The van der Waals surface area contributed by atoms with Gasteiger partial charge in [-0.1, -0.05) is 12.1 Å². The Morgan fingerprint density at radius 2 is 2.19 bits per heavy atom. The Kier molecular flexibility index (Phi) is 3.08. The van der Waals surface area contributed by atoms with E-state index in [2.05, 4.69) is 11.4 Å². The van der Waals surface area contributed by atoms with Gasteiger partial charge in [0.15, 0.2) is 0 Å². The molecule has 0 saturated heterocycles. The van der Waals surface area contributed by atoms with Gasteiger partial charge in [0.2, 0.25) is 0 Å². The zero-order valence-electron chi connectivity index (χ0n) is 9.11. The Balaban J connectivity index is 2.24. The van der Waals surface area contributed by atoms with E-state index in [1.54, 1.807) is 17.4 Å². The zero-order chi connectivity index (χ0) is 11.6. The van der Waals surface area contributed by atoms with Crippen LogP contribution < -0.4 is 5.73 Å². The van der Waals surface area contributed by atoms with Crippen molar-refractivity contribution in [2.45, 2.75) is 18.9 Å². The number of thiophene rings is 1. The molecule has 3 heteroatoms. The number of halogens is 1. The minimum atomic E-state index is -0.525. The molecule has 1 nitrogen and oxygen atoms in total. The molecule has 1 aromatic heterocycles. The van der Waals surface area contributed by atoms with Crippen molar-refractivity contribution >= 4 is 11.3 Å². The predicted molar refractivity (Wildman–Crippen MR) is 66.0 cm³/mol. The highest BCUT2D eigenvalue weighted by Gasteiger charge is 2.22. The maximum atomic E-state index is 13.1. The molecule has 1 unspecified atom stereocenters. The molecule has 0 spiro atoms. The van der Waals surface area contributed by atoms with Gasteiger partial charge in [0.25, 0.3) is 0 Å². The summed E-state index contributed by atoms with van der Waals surface area (Å²) in [4.78, 5) is 0. The van der Waals surface area contributed by atoms with Gasteiger partial charge >= 0.3 is 0 Å². The van der Waals surface area contributed by atoms with Crippen molar-refractivity contribution in [2.75, 3.05) is 0 Å². The van der Waals surface area contributed by atoms with Crippen LogP contribution in [0.1, 0.15) is 18.1 Å². The molecular weight excluding hydrogens is 221 g/mol. The lowest BCUT2D eigenvalue weighted by molar-refractivity contribution is 0.487. The molecule has 0 aliphatic rings. The molecule has 1 aromatic carbocycles.